The minimum absolute atomic E-state index is 0.431. The van der Waals surface area contributed by atoms with Gasteiger partial charge in [0.15, 0.2) is 5.82 Å². The average molecular weight is 260 g/mol. The van der Waals surface area contributed by atoms with E-state index in [9.17, 15) is 0 Å². The van der Waals surface area contributed by atoms with Gasteiger partial charge in [0.1, 0.15) is 18.7 Å². The monoisotopic (exact) mass is 260 g/mol. The quantitative estimate of drug-likeness (QED) is 0.860. The van der Waals surface area contributed by atoms with Crippen molar-refractivity contribution in [2.75, 3.05) is 6.54 Å². The van der Waals surface area contributed by atoms with Gasteiger partial charge in [0.25, 0.3) is 0 Å². The zero-order chi connectivity index (χ0) is 13.7. The van der Waals surface area contributed by atoms with Crippen LogP contribution in [0.2, 0.25) is 0 Å². The van der Waals surface area contributed by atoms with E-state index in [-0.39, 0.29) is 0 Å². The number of hydrogen-bond donors (Lipinski definition) is 1. The predicted molar refractivity (Wildman–Crippen MR) is 73.9 cm³/mol. The van der Waals surface area contributed by atoms with E-state index in [1.54, 1.807) is 6.33 Å². The normalized spacial score (nSPS) is 10.7. The Balaban J connectivity index is 2.12. The fraction of sp³-hybridized carbons (Fsp3) is 0.429. The van der Waals surface area contributed by atoms with Crippen LogP contribution in [0, 0.1) is 6.92 Å². The molecule has 0 atom stereocenters. The predicted octanol–water partition coefficient (Wildman–Crippen LogP) is 1.81. The van der Waals surface area contributed by atoms with Crippen LogP contribution in [-0.2, 0) is 20.2 Å². The van der Waals surface area contributed by atoms with Crippen LogP contribution < -0.4 is 10.1 Å². The minimum Gasteiger partial charge on any atom is -0.485 e. The first kappa shape index (κ1) is 13.5. The lowest BCUT2D eigenvalue weighted by Crippen LogP contribution is -2.13. The number of para-hydroxylation sites is 1. The van der Waals surface area contributed by atoms with Gasteiger partial charge in [-0.05, 0) is 19.0 Å². The van der Waals surface area contributed by atoms with Crippen molar-refractivity contribution in [2.24, 2.45) is 7.05 Å². The molecule has 0 saturated heterocycles. The highest BCUT2D eigenvalue weighted by atomic mass is 16.5. The maximum Gasteiger partial charge on any atom is 0.170 e. The molecule has 1 aromatic heterocycles. The van der Waals surface area contributed by atoms with Gasteiger partial charge < -0.3 is 14.6 Å². The second-order valence-electron chi connectivity index (χ2n) is 4.49. The SMILES string of the molecule is CCNCc1cccc(C)c1OCc1nncn1C. The molecular weight excluding hydrogens is 240 g/mol. The third-order valence-electron chi connectivity index (χ3n) is 3.01. The second-order valence-corrected chi connectivity index (χ2v) is 4.49. The Morgan fingerprint density at radius 3 is 2.89 bits per heavy atom. The van der Waals surface area contributed by atoms with Crippen molar-refractivity contribution in [1.82, 2.24) is 20.1 Å². The summed E-state index contributed by atoms with van der Waals surface area (Å²) in [6.07, 6.45) is 1.68. The van der Waals surface area contributed by atoms with Gasteiger partial charge in [0.05, 0.1) is 0 Å². The van der Waals surface area contributed by atoms with E-state index in [1.165, 1.54) is 5.56 Å². The first-order valence-electron chi connectivity index (χ1n) is 6.47. The van der Waals surface area contributed by atoms with Crippen molar-refractivity contribution in [1.29, 1.82) is 0 Å². The van der Waals surface area contributed by atoms with Crippen molar-refractivity contribution >= 4 is 0 Å². The van der Waals surface area contributed by atoms with Crippen molar-refractivity contribution in [3.05, 3.63) is 41.5 Å². The Morgan fingerprint density at radius 1 is 1.37 bits per heavy atom. The highest BCUT2D eigenvalue weighted by Crippen LogP contribution is 2.24. The van der Waals surface area contributed by atoms with Crippen LogP contribution in [0.15, 0.2) is 24.5 Å². The van der Waals surface area contributed by atoms with Crippen LogP contribution in [0.4, 0.5) is 0 Å². The smallest absolute Gasteiger partial charge is 0.170 e. The highest BCUT2D eigenvalue weighted by Gasteiger charge is 2.08. The first-order valence-corrected chi connectivity index (χ1v) is 6.47. The van der Waals surface area contributed by atoms with Crippen molar-refractivity contribution in [3.63, 3.8) is 0 Å². The van der Waals surface area contributed by atoms with E-state index in [1.807, 2.05) is 11.6 Å². The molecule has 0 spiro atoms. The number of nitrogens with zero attached hydrogens (tertiary/aromatic N) is 3. The summed E-state index contributed by atoms with van der Waals surface area (Å²) in [6, 6.07) is 6.19. The van der Waals surface area contributed by atoms with E-state index in [4.69, 9.17) is 4.74 Å². The van der Waals surface area contributed by atoms with Crippen LogP contribution in [-0.4, -0.2) is 21.3 Å². The summed E-state index contributed by atoms with van der Waals surface area (Å²) in [5.41, 5.74) is 2.31. The standard InChI is InChI=1S/C14H20N4O/c1-4-15-8-12-7-5-6-11(2)14(12)19-9-13-17-16-10-18(13)3/h5-7,10,15H,4,8-9H2,1-3H3. The van der Waals surface area contributed by atoms with Crippen molar-refractivity contribution in [3.8, 4) is 5.75 Å². The Morgan fingerprint density at radius 2 is 2.21 bits per heavy atom. The van der Waals surface area contributed by atoms with Gasteiger partial charge in [-0.15, -0.1) is 10.2 Å². The molecule has 0 aliphatic carbocycles. The van der Waals surface area contributed by atoms with E-state index in [2.05, 4.69) is 47.6 Å². The fourth-order valence-electron chi connectivity index (χ4n) is 1.89. The third-order valence-corrected chi connectivity index (χ3v) is 3.01. The number of aryl methyl sites for hydroxylation is 2. The Labute approximate surface area is 113 Å². The number of aromatic nitrogens is 3. The maximum atomic E-state index is 5.93. The molecule has 0 bridgehead atoms. The molecule has 0 aliphatic heterocycles. The molecule has 1 heterocycles. The number of hydrogen-bond acceptors (Lipinski definition) is 4. The number of ether oxygens (including phenoxy) is 1. The van der Waals surface area contributed by atoms with Gasteiger partial charge in [-0.1, -0.05) is 25.1 Å². The van der Waals surface area contributed by atoms with Gasteiger partial charge in [-0.25, -0.2) is 0 Å². The molecule has 0 unspecified atom stereocenters. The summed E-state index contributed by atoms with van der Waals surface area (Å²) in [4.78, 5) is 0. The molecule has 1 aromatic carbocycles. The summed E-state index contributed by atoms with van der Waals surface area (Å²) in [5.74, 6) is 1.75. The van der Waals surface area contributed by atoms with Crippen LogP contribution >= 0.6 is 0 Å². The van der Waals surface area contributed by atoms with E-state index in [0.29, 0.717) is 6.61 Å². The molecule has 0 fully saturated rings. The fourth-order valence-corrected chi connectivity index (χ4v) is 1.89. The van der Waals surface area contributed by atoms with Crippen molar-refractivity contribution in [2.45, 2.75) is 27.0 Å². The topological polar surface area (TPSA) is 52.0 Å². The lowest BCUT2D eigenvalue weighted by Gasteiger charge is -2.14. The van der Waals surface area contributed by atoms with Gasteiger partial charge in [-0.3, -0.25) is 0 Å². The van der Waals surface area contributed by atoms with Gasteiger partial charge in [-0.2, -0.15) is 0 Å². The molecule has 2 aromatic rings. The molecule has 19 heavy (non-hydrogen) atoms. The Kier molecular flexibility index (Phi) is 4.52. The van der Waals surface area contributed by atoms with Crippen LogP contribution in [0.1, 0.15) is 23.9 Å². The lowest BCUT2D eigenvalue weighted by atomic mass is 10.1. The summed E-state index contributed by atoms with van der Waals surface area (Å²) >= 11 is 0. The van der Waals surface area contributed by atoms with Gasteiger partial charge in [0, 0.05) is 19.2 Å². The van der Waals surface area contributed by atoms with Crippen molar-refractivity contribution < 1.29 is 4.74 Å². The molecule has 1 N–H and O–H groups in total. The maximum absolute atomic E-state index is 5.93. The number of benzene rings is 1. The molecule has 5 nitrogen and oxygen atoms in total. The van der Waals surface area contributed by atoms with E-state index < -0.39 is 0 Å². The summed E-state index contributed by atoms with van der Waals surface area (Å²) in [7, 11) is 1.91. The highest BCUT2D eigenvalue weighted by molar-refractivity contribution is 5.40. The molecule has 0 saturated carbocycles. The lowest BCUT2D eigenvalue weighted by molar-refractivity contribution is 0.285. The van der Waals surface area contributed by atoms with E-state index in [0.717, 1.165) is 30.2 Å². The van der Waals surface area contributed by atoms with Crippen LogP contribution in [0.25, 0.3) is 0 Å². The van der Waals surface area contributed by atoms with Gasteiger partial charge in [0.2, 0.25) is 0 Å². The second kappa shape index (κ2) is 6.33. The number of nitrogens with one attached hydrogen (secondary N) is 1. The summed E-state index contributed by atoms with van der Waals surface area (Å²) in [6.45, 7) is 6.33. The Bertz CT molecular complexity index is 536. The van der Waals surface area contributed by atoms with Gasteiger partial charge >= 0.3 is 0 Å². The summed E-state index contributed by atoms with van der Waals surface area (Å²) in [5, 5.41) is 11.2. The zero-order valence-electron chi connectivity index (χ0n) is 11.7. The number of rotatable bonds is 6. The molecule has 0 aliphatic rings. The zero-order valence-corrected chi connectivity index (χ0v) is 11.7. The largest absolute Gasteiger partial charge is 0.485 e. The minimum atomic E-state index is 0.431. The molecular formula is C14H20N4O. The molecule has 0 radical (unpaired) electrons. The molecule has 2 rings (SSSR count). The molecule has 102 valence electrons. The average Bonchev–Trinajstić information content (AvgIpc) is 2.81. The van der Waals surface area contributed by atoms with E-state index >= 15 is 0 Å². The first-order chi connectivity index (χ1) is 9.22. The molecule has 5 heteroatoms. The van der Waals surface area contributed by atoms with Crippen LogP contribution in [0.5, 0.6) is 5.75 Å². The Hall–Kier alpha value is -1.88. The van der Waals surface area contributed by atoms with Crippen LogP contribution in [0.3, 0.4) is 0 Å². The third kappa shape index (κ3) is 3.32. The molecule has 0 amide bonds. The summed E-state index contributed by atoms with van der Waals surface area (Å²) < 4.78 is 7.79.